The van der Waals surface area contributed by atoms with Crippen LogP contribution in [0.3, 0.4) is 0 Å². The second-order valence-electron chi connectivity index (χ2n) is 4.83. The molecule has 0 aliphatic rings. The molecule has 2 aromatic carbocycles. The second-order valence-corrected chi connectivity index (χ2v) is 5.75. The first-order valence-corrected chi connectivity index (χ1v) is 7.28. The average molecular weight is 370 g/mol. The number of benzene rings is 2. The minimum atomic E-state index is -4.38. The molecule has 0 saturated heterocycles. The minimum absolute atomic E-state index is 0.0623. The van der Waals surface area contributed by atoms with E-state index in [4.69, 9.17) is 4.74 Å². The number of fused-ring (bicyclic) bond motifs is 1. The largest absolute Gasteiger partial charge is 0.488 e. The van der Waals surface area contributed by atoms with Crippen LogP contribution in [0.25, 0.3) is 10.9 Å². The molecule has 1 N–H and O–H groups in total. The van der Waals surface area contributed by atoms with Crippen molar-refractivity contribution in [1.82, 2.24) is 4.98 Å². The Hall–Kier alpha value is -1.95. The Morgan fingerprint density at radius 1 is 1.09 bits per heavy atom. The molecular weight excluding hydrogens is 359 g/mol. The molecule has 0 saturated carbocycles. The molecule has 6 heteroatoms. The Morgan fingerprint density at radius 2 is 1.91 bits per heavy atom. The van der Waals surface area contributed by atoms with Crippen molar-refractivity contribution in [2.75, 3.05) is 0 Å². The van der Waals surface area contributed by atoms with Crippen LogP contribution in [-0.4, -0.2) is 4.98 Å². The van der Waals surface area contributed by atoms with Crippen molar-refractivity contribution in [3.05, 3.63) is 64.3 Å². The lowest BCUT2D eigenvalue weighted by atomic mass is 10.1. The zero-order valence-corrected chi connectivity index (χ0v) is 12.8. The number of alkyl halides is 3. The fourth-order valence-corrected chi connectivity index (χ4v) is 2.78. The van der Waals surface area contributed by atoms with Crippen LogP contribution in [0.1, 0.15) is 11.1 Å². The van der Waals surface area contributed by atoms with Gasteiger partial charge in [-0.3, -0.25) is 0 Å². The van der Waals surface area contributed by atoms with Crippen molar-refractivity contribution in [1.29, 1.82) is 0 Å². The molecule has 22 heavy (non-hydrogen) atoms. The number of hydrogen-bond donors (Lipinski definition) is 1. The molecule has 0 bridgehead atoms. The van der Waals surface area contributed by atoms with Crippen molar-refractivity contribution in [3.8, 4) is 5.75 Å². The molecule has 1 aromatic heterocycles. The van der Waals surface area contributed by atoms with E-state index in [-0.39, 0.29) is 6.61 Å². The van der Waals surface area contributed by atoms with E-state index in [9.17, 15) is 13.2 Å². The van der Waals surface area contributed by atoms with Crippen LogP contribution in [0.5, 0.6) is 5.75 Å². The highest BCUT2D eigenvalue weighted by Crippen LogP contribution is 2.32. The van der Waals surface area contributed by atoms with Gasteiger partial charge in [-0.2, -0.15) is 13.2 Å². The highest BCUT2D eigenvalue weighted by molar-refractivity contribution is 9.10. The van der Waals surface area contributed by atoms with Gasteiger partial charge in [0.1, 0.15) is 12.4 Å². The Kier molecular flexibility index (Phi) is 3.87. The number of aromatic amines is 1. The van der Waals surface area contributed by atoms with Gasteiger partial charge in [0, 0.05) is 21.6 Å². The number of rotatable bonds is 3. The average Bonchev–Trinajstić information content (AvgIpc) is 2.92. The zero-order valence-electron chi connectivity index (χ0n) is 11.2. The first-order chi connectivity index (χ1) is 10.4. The van der Waals surface area contributed by atoms with E-state index in [1.54, 1.807) is 18.3 Å². The van der Waals surface area contributed by atoms with Crippen LogP contribution in [-0.2, 0) is 12.8 Å². The summed E-state index contributed by atoms with van der Waals surface area (Å²) in [7, 11) is 0. The van der Waals surface area contributed by atoms with Gasteiger partial charge in [0.05, 0.1) is 5.56 Å². The van der Waals surface area contributed by atoms with Crippen molar-refractivity contribution in [2.45, 2.75) is 12.8 Å². The Labute approximate surface area is 133 Å². The Morgan fingerprint density at radius 3 is 2.68 bits per heavy atom. The number of H-pyrrole nitrogens is 1. The smallest absolute Gasteiger partial charge is 0.416 e. The van der Waals surface area contributed by atoms with E-state index in [1.165, 1.54) is 0 Å². The van der Waals surface area contributed by atoms with Crippen molar-refractivity contribution < 1.29 is 17.9 Å². The van der Waals surface area contributed by atoms with Gasteiger partial charge in [-0.05, 0) is 42.0 Å². The van der Waals surface area contributed by atoms with E-state index in [0.717, 1.165) is 23.0 Å². The molecule has 0 unspecified atom stereocenters. The molecule has 114 valence electrons. The molecule has 2 nitrogen and oxygen atoms in total. The van der Waals surface area contributed by atoms with Crippen LogP contribution in [0.4, 0.5) is 13.2 Å². The van der Waals surface area contributed by atoms with Gasteiger partial charge in [0.25, 0.3) is 0 Å². The Bertz CT molecular complexity index is 811. The van der Waals surface area contributed by atoms with E-state index >= 15 is 0 Å². The second kappa shape index (κ2) is 5.68. The van der Waals surface area contributed by atoms with Crippen molar-refractivity contribution in [2.24, 2.45) is 0 Å². The predicted molar refractivity (Wildman–Crippen MR) is 81.8 cm³/mol. The molecule has 3 aromatic rings. The summed E-state index contributed by atoms with van der Waals surface area (Å²) in [5.74, 6) is 0.632. The molecule has 3 rings (SSSR count). The lowest BCUT2D eigenvalue weighted by molar-refractivity contribution is -0.137. The molecule has 0 spiro atoms. The van der Waals surface area contributed by atoms with Crippen LogP contribution < -0.4 is 4.74 Å². The van der Waals surface area contributed by atoms with Gasteiger partial charge >= 0.3 is 6.18 Å². The zero-order chi connectivity index (χ0) is 15.7. The Balaban J connectivity index is 1.85. The fourth-order valence-electron chi connectivity index (χ4n) is 2.24. The van der Waals surface area contributed by atoms with Crippen LogP contribution in [0.15, 0.2) is 53.1 Å². The van der Waals surface area contributed by atoms with Gasteiger partial charge in [0.15, 0.2) is 0 Å². The predicted octanol–water partition coefficient (Wildman–Crippen LogP) is 5.53. The molecule has 0 aliphatic heterocycles. The summed E-state index contributed by atoms with van der Waals surface area (Å²) in [6.07, 6.45) is -2.59. The molecular formula is C16H11BrF3NO. The number of nitrogens with one attached hydrogen (secondary N) is 1. The third-order valence-corrected chi connectivity index (χ3v) is 3.69. The first kappa shape index (κ1) is 15.0. The maximum absolute atomic E-state index is 12.8. The molecule has 0 radical (unpaired) electrons. The van der Waals surface area contributed by atoms with Crippen LogP contribution in [0.2, 0.25) is 0 Å². The van der Waals surface area contributed by atoms with Gasteiger partial charge in [-0.1, -0.05) is 22.0 Å². The van der Waals surface area contributed by atoms with Gasteiger partial charge in [0.2, 0.25) is 0 Å². The van der Waals surface area contributed by atoms with E-state index < -0.39 is 11.7 Å². The summed E-state index contributed by atoms with van der Waals surface area (Å²) in [6.45, 7) is 0.0623. The van der Waals surface area contributed by atoms with Crippen molar-refractivity contribution in [3.63, 3.8) is 0 Å². The maximum Gasteiger partial charge on any atom is 0.416 e. The minimum Gasteiger partial charge on any atom is -0.488 e. The van der Waals surface area contributed by atoms with E-state index in [0.29, 0.717) is 15.8 Å². The first-order valence-electron chi connectivity index (χ1n) is 6.49. The highest BCUT2D eigenvalue weighted by atomic mass is 79.9. The molecule has 0 atom stereocenters. The monoisotopic (exact) mass is 369 g/mol. The summed E-state index contributed by atoms with van der Waals surface area (Å²) >= 11 is 3.10. The molecule has 0 aliphatic carbocycles. The van der Waals surface area contributed by atoms with Gasteiger partial charge in [-0.25, -0.2) is 0 Å². The highest BCUT2D eigenvalue weighted by Gasteiger charge is 2.31. The molecule has 0 fully saturated rings. The third-order valence-electron chi connectivity index (χ3n) is 3.23. The van der Waals surface area contributed by atoms with Crippen LogP contribution in [0, 0.1) is 0 Å². The fraction of sp³-hybridized carbons (Fsp3) is 0.125. The number of aromatic nitrogens is 1. The van der Waals surface area contributed by atoms with Crippen molar-refractivity contribution >= 4 is 26.8 Å². The summed E-state index contributed by atoms with van der Waals surface area (Å²) in [6, 6.07) is 11.2. The standard InChI is InChI=1S/C16H11BrF3NO/c17-12-7-10(6-11(8-12)16(18,19)20)9-22-15-3-1-2-14-13(15)4-5-21-14/h1-8,21H,9H2. The quantitative estimate of drug-likeness (QED) is 0.645. The topological polar surface area (TPSA) is 25.0 Å². The van der Waals surface area contributed by atoms with Gasteiger partial charge in [-0.15, -0.1) is 0 Å². The summed E-state index contributed by atoms with van der Waals surface area (Å²) in [4.78, 5) is 3.06. The van der Waals surface area contributed by atoms with Gasteiger partial charge < -0.3 is 9.72 Å². The van der Waals surface area contributed by atoms with E-state index in [1.807, 2.05) is 18.2 Å². The van der Waals surface area contributed by atoms with E-state index in [2.05, 4.69) is 20.9 Å². The molecule has 0 amide bonds. The summed E-state index contributed by atoms with van der Waals surface area (Å²) < 4.78 is 44.5. The number of hydrogen-bond acceptors (Lipinski definition) is 1. The summed E-state index contributed by atoms with van der Waals surface area (Å²) in [5, 5.41) is 0.897. The normalized spacial score (nSPS) is 11.8. The summed E-state index contributed by atoms with van der Waals surface area (Å²) in [5.41, 5.74) is 0.678. The maximum atomic E-state index is 12.8. The number of ether oxygens (including phenoxy) is 1. The lowest BCUT2D eigenvalue weighted by Gasteiger charge is -2.11. The SMILES string of the molecule is FC(F)(F)c1cc(Br)cc(COc2cccc3[nH]ccc23)c1. The lowest BCUT2D eigenvalue weighted by Crippen LogP contribution is -2.06. The number of halogens is 4. The third kappa shape index (κ3) is 3.11. The van der Waals surface area contributed by atoms with Crippen LogP contribution >= 0.6 is 15.9 Å². The molecule has 1 heterocycles.